The topological polar surface area (TPSA) is 127 Å². The Morgan fingerprint density at radius 1 is 1.17 bits per heavy atom. The normalized spacial score (nSPS) is 12.5. The number of rotatable bonds is 4. The molecule has 0 saturated heterocycles. The van der Waals surface area contributed by atoms with Crippen LogP contribution in [0, 0.1) is 6.92 Å². The number of hydrogen-bond acceptors (Lipinski definition) is 6. The third kappa shape index (κ3) is 9.13. The van der Waals surface area contributed by atoms with Crippen molar-refractivity contribution in [3.8, 4) is 5.75 Å². The van der Waals surface area contributed by atoms with Gasteiger partial charge in [0.1, 0.15) is 11.4 Å². The fourth-order valence-corrected chi connectivity index (χ4v) is 3.99. The van der Waals surface area contributed by atoms with Gasteiger partial charge in [-0.2, -0.15) is 8.42 Å². The van der Waals surface area contributed by atoms with Crippen LogP contribution in [0.5, 0.6) is 5.75 Å². The summed E-state index contributed by atoms with van der Waals surface area (Å²) >= 11 is 6.55. The molecule has 0 aromatic heterocycles. The first-order chi connectivity index (χ1) is 13.6. The summed E-state index contributed by atoms with van der Waals surface area (Å²) in [5, 5.41) is 9.94. The molecule has 0 aliphatic carbocycles. The number of aryl methyl sites for hydroxylation is 1. The Morgan fingerprint density at radius 2 is 1.70 bits per heavy atom. The Balaban J connectivity index is 0.000000346. The number of carbonyl (C=O) groups is 1. The highest BCUT2D eigenvalue weighted by Crippen LogP contribution is 2.35. The molecule has 0 aliphatic heterocycles. The van der Waals surface area contributed by atoms with Crippen molar-refractivity contribution in [2.24, 2.45) is 5.73 Å². The van der Waals surface area contributed by atoms with Crippen molar-refractivity contribution >= 4 is 47.9 Å². The van der Waals surface area contributed by atoms with Crippen LogP contribution in [0.4, 0.5) is 0 Å². The second-order valence-corrected chi connectivity index (χ2v) is 10.7. The van der Waals surface area contributed by atoms with Crippen LogP contribution in [-0.2, 0) is 19.6 Å². The lowest BCUT2D eigenvalue weighted by Crippen LogP contribution is -2.26. The van der Waals surface area contributed by atoms with Crippen molar-refractivity contribution in [1.82, 2.24) is 0 Å². The molecule has 0 heterocycles. The van der Waals surface area contributed by atoms with E-state index in [2.05, 4.69) is 31.9 Å². The van der Waals surface area contributed by atoms with Crippen molar-refractivity contribution in [3.05, 3.63) is 56.5 Å². The molecule has 0 aliphatic rings. The standard InChI is InChI=1S/C13H17Br2NO3.C7H8O3S/c1-13(2,3)19-11(17)6-10(16)8-4-7(14)5-9(15)12(8)18;1-6-2-4-7(5-3-6)11(8,9)10/h4-5,10,18H,6,16H2,1-3H3;2-5H,1H3,(H,8,9,10)/t10-;/m0./s1. The number of esters is 1. The summed E-state index contributed by atoms with van der Waals surface area (Å²) in [6.07, 6.45) is 0.00766. The minimum atomic E-state index is -4.02. The maximum atomic E-state index is 11.7. The second-order valence-electron chi connectivity index (χ2n) is 7.51. The molecule has 0 unspecified atom stereocenters. The van der Waals surface area contributed by atoms with Crippen molar-refractivity contribution in [2.45, 2.75) is 50.7 Å². The fraction of sp³-hybridized carbons (Fsp3) is 0.350. The molecule has 2 rings (SSSR count). The van der Waals surface area contributed by atoms with Crippen LogP contribution >= 0.6 is 31.9 Å². The Bertz CT molecular complexity index is 986. The van der Waals surface area contributed by atoms with Crippen LogP contribution in [-0.4, -0.2) is 29.6 Å². The second kappa shape index (κ2) is 10.7. The van der Waals surface area contributed by atoms with Crippen molar-refractivity contribution in [3.63, 3.8) is 0 Å². The van der Waals surface area contributed by atoms with Gasteiger partial charge in [-0.1, -0.05) is 33.6 Å². The smallest absolute Gasteiger partial charge is 0.308 e. The molecular weight excluding hydrogens is 542 g/mol. The van der Waals surface area contributed by atoms with Crippen LogP contribution < -0.4 is 5.73 Å². The molecule has 10 heteroatoms. The van der Waals surface area contributed by atoms with E-state index in [1.807, 2.05) is 6.92 Å². The molecule has 2 aromatic rings. The Hall–Kier alpha value is -1.46. The number of phenolic OH excluding ortho intramolecular Hbond substituents is 1. The van der Waals surface area contributed by atoms with Gasteiger partial charge in [-0.25, -0.2) is 0 Å². The predicted octanol–water partition coefficient (Wildman–Crippen LogP) is 4.89. The van der Waals surface area contributed by atoms with Gasteiger partial charge in [0, 0.05) is 16.1 Å². The minimum absolute atomic E-state index is 0.00766. The third-order valence-electron chi connectivity index (χ3n) is 3.58. The first kappa shape index (κ1) is 26.6. The van der Waals surface area contributed by atoms with Gasteiger partial charge in [0.15, 0.2) is 0 Å². The average Bonchev–Trinajstić information content (AvgIpc) is 2.56. The van der Waals surface area contributed by atoms with E-state index < -0.39 is 27.7 Å². The molecule has 0 amide bonds. The average molecular weight is 567 g/mol. The molecule has 30 heavy (non-hydrogen) atoms. The highest BCUT2D eigenvalue weighted by atomic mass is 79.9. The van der Waals surface area contributed by atoms with Crippen LogP contribution in [0.15, 0.2) is 50.2 Å². The van der Waals surface area contributed by atoms with Crippen LogP contribution in [0.1, 0.15) is 44.4 Å². The summed E-state index contributed by atoms with van der Waals surface area (Å²) in [6, 6.07) is 8.76. The molecule has 0 spiro atoms. The summed E-state index contributed by atoms with van der Waals surface area (Å²) in [5.41, 5.74) is 6.85. The molecule has 0 radical (unpaired) electrons. The third-order valence-corrected chi connectivity index (χ3v) is 5.51. The number of halogens is 2. The van der Waals surface area contributed by atoms with Gasteiger partial charge in [-0.05, 0) is 67.9 Å². The maximum absolute atomic E-state index is 11.7. The maximum Gasteiger partial charge on any atom is 0.308 e. The Kier molecular flexibility index (Phi) is 9.50. The number of nitrogens with two attached hydrogens (primary N) is 1. The predicted molar refractivity (Wildman–Crippen MR) is 122 cm³/mol. The van der Waals surface area contributed by atoms with E-state index in [1.54, 1.807) is 45.0 Å². The van der Waals surface area contributed by atoms with Gasteiger partial charge in [-0.3, -0.25) is 9.35 Å². The van der Waals surface area contributed by atoms with E-state index >= 15 is 0 Å². The van der Waals surface area contributed by atoms with Gasteiger partial charge in [0.2, 0.25) is 0 Å². The first-order valence-corrected chi connectivity index (χ1v) is 11.8. The van der Waals surface area contributed by atoms with E-state index in [9.17, 15) is 18.3 Å². The quantitative estimate of drug-likeness (QED) is 0.355. The van der Waals surface area contributed by atoms with E-state index in [-0.39, 0.29) is 17.1 Å². The summed E-state index contributed by atoms with van der Waals surface area (Å²) in [7, 11) is -4.02. The van der Waals surface area contributed by atoms with E-state index in [1.165, 1.54) is 12.1 Å². The highest BCUT2D eigenvalue weighted by molar-refractivity contribution is 9.11. The van der Waals surface area contributed by atoms with Gasteiger partial charge < -0.3 is 15.6 Å². The Morgan fingerprint density at radius 3 is 2.17 bits per heavy atom. The zero-order chi connectivity index (χ0) is 23.3. The first-order valence-electron chi connectivity index (χ1n) is 8.79. The largest absolute Gasteiger partial charge is 0.506 e. The van der Waals surface area contributed by atoms with Crippen molar-refractivity contribution < 1.29 is 27.6 Å². The number of benzene rings is 2. The number of hydrogen-bond donors (Lipinski definition) is 3. The van der Waals surface area contributed by atoms with E-state index in [4.69, 9.17) is 15.0 Å². The molecule has 4 N–H and O–H groups in total. The van der Waals surface area contributed by atoms with Crippen LogP contribution in [0.25, 0.3) is 0 Å². The van der Waals surface area contributed by atoms with Gasteiger partial charge in [0.05, 0.1) is 15.8 Å². The summed E-state index contributed by atoms with van der Waals surface area (Å²) < 4.78 is 36.1. The fourth-order valence-electron chi connectivity index (χ4n) is 2.25. The number of phenols is 1. The molecule has 0 fully saturated rings. The summed E-state index contributed by atoms with van der Waals surface area (Å²) in [4.78, 5) is 11.6. The molecule has 0 saturated carbocycles. The summed E-state index contributed by atoms with van der Waals surface area (Å²) in [6.45, 7) is 7.23. The van der Waals surface area contributed by atoms with Gasteiger partial charge in [-0.15, -0.1) is 0 Å². The molecule has 166 valence electrons. The molecule has 0 bridgehead atoms. The lowest BCUT2D eigenvalue weighted by Gasteiger charge is -2.21. The molecule has 7 nitrogen and oxygen atoms in total. The SMILES string of the molecule is CC(C)(C)OC(=O)C[C@H](N)c1cc(Br)cc(Br)c1O.Cc1ccc(S(=O)(=O)O)cc1. The lowest BCUT2D eigenvalue weighted by atomic mass is 10.0. The number of carbonyl (C=O) groups excluding carboxylic acids is 1. The summed E-state index contributed by atoms with van der Waals surface area (Å²) in [5.74, 6) is -0.352. The monoisotopic (exact) mass is 565 g/mol. The Labute approximate surface area is 193 Å². The molecular formula is C20H25Br2NO6S. The van der Waals surface area contributed by atoms with Crippen LogP contribution in [0.3, 0.4) is 0 Å². The molecule has 2 aromatic carbocycles. The van der Waals surface area contributed by atoms with Gasteiger partial charge in [0.25, 0.3) is 10.1 Å². The number of aromatic hydroxyl groups is 1. The zero-order valence-corrected chi connectivity index (χ0v) is 21.0. The van der Waals surface area contributed by atoms with Gasteiger partial charge >= 0.3 is 5.97 Å². The van der Waals surface area contributed by atoms with Crippen molar-refractivity contribution in [2.75, 3.05) is 0 Å². The van der Waals surface area contributed by atoms with E-state index in [0.29, 0.717) is 10.0 Å². The van der Waals surface area contributed by atoms with E-state index in [0.717, 1.165) is 10.0 Å². The minimum Gasteiger partial charge on any atom is -0.506 e. The van der Waals surface area contributed by atoms with Crippen molar-refractivity contribution in [1.29, 1.82) is 0 Å². The highest BCUT2D eigenvalue weighted by Gasteiger charge is 2.22. The number of ether oxygens (including phenoxy) is 1. The van der Waals surface area contributed by atoms with Crippen LogP contribution in [0.2, 0.25) is 0 Å². The molecule has 1 atom stereocenters. The zero-order valence-electron chi connectivity index (χ0n) is 17.0. The lowest BCUT2D eigenvalue weighted by molar-refractivity contribution is -0.155.